The Morgan fingerprint density at radius 2 is 1.81 bits per heavy atom. The second-order valence-corrected chi connectivity index (χ2v) is 5.80. The van der Waals surface area contributed by atoms with Crippen LogP contribution < -0.4 is 5.32 Å². The smallest absolute Gasteiger partial charge is 0.225 e. The highest BCUT2D eigenvalue weighted by Crippen LogP contribution is 2.13. The van der Waals surface area contributed by atoms with Gasteiger partial charge in [-0.25, -0.2) is 0 Å². The molecule has 0 saturated carbocycles. The molecule has 2 nitrogen and oxygen atoms in total. The molecule has 0 heterocycles. The number of rotatable bonds is 3. The Kier molecular flexibility index (Phi) is 4.54. The lowest BCUT2D eigenvalue weighted by Gasteiger charge is -2.17. The van der Waals surface area contributed by atoms with Crippen LogP contribution in [0.25, 0.3) is 0 Å². The third-order valence-electron chi connectivity index (χ3n) is 2.29. The van der Waals surface area contributed by atoms with Crippen molar-refractivity contribution in [3.63, 3.8) is 0 Å². The zero-order valence-corrected chi connectivity index (χ0v) is 11.6. The normalized spacial score (nSPS) is 11.2. The van der Waals surface area contributed by atoms with Gasteiger partial charge >= 0.3 is 0 Å². The summed E-state index contributed by atoms with van der Waals surface area (Å²) in [7, 11) is 0. The standard InChI is InChI=1S/C13H18BrNO/c1-13(2,3)12(16)15-9-8-10-4-6-11(14)7-5-10/h4-7H,8-9H2,1-3H3,(H,15,16). The lowest BCUT2D eigenvalue weighted by Crippen LogP contribution is -2.35. The molecule has 0 radical (unpaired) electrons. The van der Waals surface area contributed by atoms with Crippen molar-refractivity contribution in [3.05, 3.63) is 34.3 Å². The van der Waals surface area contributed by atoms with Crippen LogP contribution in [-0.4, -0.2) is 12.5 Å². The molecule has 0 saturated heterocycles. The second kappa shape index (κ2) is 5.48. The van der Waals surface area contributed by atoms with Gasteiger partial charge in [-0.15, -0.1) is 0 Å². The second-order valence-electron chi connectivity index (χ2n) is 4.88. The van der Waals surface area contributed by atoms with Crippen molar-refractivity contribution < 1.29 is 4.79 Å². The molecule has 0 bridgehead atoms. The van der Waals surface area contributed by atoms with E-state index in [4.69, 9.17) is 0 Å². The highest BCUT2D eigenvalue weighted by atomic mass is 79.9. The first kappa shape index (κ1) is 13.2. The fourth-order valence-corrected chi connectivity index (χ4v) is 1.50. The van der Waals surface area contributed by atoms with Gasteiger partial charge in [-0.05, 0) is 24.1 Å². The van der Waals surface area contributed by atoms with Crippen LogP contribution in [0.2, 0.25) is 0 Å². The molecule has 0 atom stereocenters. The molecule has 1 amide bonds. The topological polar surface area (TPSA) is 29.1 Å². The number of carbonyl (C=O) groups excluding carboxylic acids is 1. The SMILES string of the molecule is CC(C)(C)C(=O)NCCc1ccc(Br)cc1. The minimum atomic E-state index is -0.306. The summed E-state index contributed by atoms with van der Waals surface area (Å²) in [4.78, 5) is 11.6. The molecule has 0 aliphatic rings. The van der Waals surface area contributed by atoms with Gasteiger partial charge in [-0.2, -0.15) is 0 Å². The van der Waals surface area contributed by atoms with Crippen LogP contribution in [0.1, 0.15) is 26.3 Å². The summed E-state index contributed by atoms with van der Waals surface area (Å²) >= 11 is 3.39. The Bertz CT molecular complexity index is 351. The van der Waals surface area contributed by atoms with Crippen molar-refractivity contribution in [2.45, 2.75) is 27.2 Å². The van der Waals surface area contributed by atoms with Crippen LogP contribution in [0.5, 0.6) is 0 Å². The van der Waals surface area contributed by atoms with Crippen molar-refractivity contribution in [2.24, 2.45) is 5.41 Å². The monoisotopic (exact) mass is 283 g/mol. The first-order valence-electron chi connectivity index (χ1n) is 5.42. The van der Waals surface area contributed by atoms with Crippen molar-refractivity contribution in [3.8, 4) is 0 Å². The van der Waals surface area contributed by atoms with E-state index >= 15 is 0 Å². The van der Waals surface area contributed by atoms with E-state index in [9.17, 15) is 4.79 Å². The van der Waals surface area contributed by atoms with E-state index in [1.807, 2.05) is 32.9 Å². The molecule has 88 valence electrons. The molecular weight excluding hydrogens is 266 g/mol. The van der Waals surface area contributed by atoms with E-state index in [2.05, 4.69) is 33.4 Å². The lowest BCUT2D eigenvalue weighted by atomic mass is 9.95. The predicted molar refractivity (Wildman–Crippen MR) is 70.3 cm³/mol. The van der Waals surface area contributed by atoms with Gasteiger partial charge in [0.15, 0.2) is 0 Å². The fourth-order valence-electron chi connectivity index (χ4n) is 1.24. The fraction of sp³-hybridized carbons (Fsp3) is 0.462. The van der Waals surface area contributed by atoms with Gasteiger partial charge in [-0.3, -0.25) is 4.79 Å². The van der Waals surface area contributed by atoms with Crippen molar-refractivity contribution in [1.29, 1.82) is 0 Å². The number of carbonyl (C=O) groups is 1. The minimum Gasteiger partial charge on any atom is -0.355 e. The number of nitrogens with one attached hydrogen (secondary N) is 1. The molecule has 0 aromatic heterocycles. The van der Waals surface area contributed by atoms with Crippen LogP contribution in [0.3, 0.4) is 0 Å². The molecule has 3 heteroatoms. The first-order valence-corrected chi connectivity index (χ1v) is 6.21. The van der Waals surface area contributed by atoms with Crippen molar-refractivity contribution in [2.75, 3.05) is 6.54 Å². The van der Waals surface area contributed by atoms with Crippen LogP contribution in [0.4, 0.5) is 0 Å². The van der Waals surface area contributed by atoms with Gasteiger partial charge in [0, 0.05) is 16.4 Å². The number of hydrogen-bond donors (Lipinski definition) is 1. The Morgan fingerprint density at radius 3 is 2.31 bits per heavy atom. The van der Waals surface area contributed by atoms with E-state index in [1.165, 1.54) is 5.56 Å². The van der Waals surface area contributed by atoms with Crippen molar-refractivity contribution in [1.82, 2.24) is 5.32 Å². The van der Waals surface area contributed by atoms with E-state index in [-0.39, 0.29) is 11.3 Å². The summed E-state index contributed by atoms with van der Waals surface area (Å²) in [5.74, 6) is 0.101. The molecule has 16 heavy (non-hydrogen) atoms. The number of hydrogen-bond acceptors (Lipinski definition) is 1. The maximum absolute atomic E-state index is 11.6. The Hall–Kier alpha value is -0.830. The van der Waals surface area contributed by atoms with E-state index in [0.29, 0.717) is 6.54 Å². The molecule has 0 aliphatic heterocycles. The summed E-state index contributed by atoms with van der Waals surface area (Å²) in [5.41, 5.74) is 0.928. The summed E-state index contributed by atoms with van der Waals surface area (Å²) in [6.45, 7) is 6.45. The Morgan fingerprint density at radius 1 is 1.25 bits per heavy atom. The van der Waals surface area contributed by atoms with Crippen LogP contribution in [0, 0.1) is 5.41 Å². The Labute approximate surface area is 106 Å². The van der Waals surface area contributed by atoms with Gasteiger partial charge < -0.3 is 5.32 Å². The van der Waals surface area contributed by atoms with Crippen LogP contribution >= 0.6 is 15.9 Å². The predicted octanol–water partition coefficient (Wildman–Crippen LogP) is 3.15. The van der Waals surface area contributed by atoms with Gasteiger partial charge in [0.2, 0.25) is 5.91 Å². The molecule has 1 rings (SSSR count). The summed E-state index contributed by atoms with van der Waals surface area (Å²) in [5, 5.41) is 2.94. The summed E-state index contributed by atoms with van der Waals surface area (Å²) < 4.78 is 1.08. The number of amides is 1. The molecule has 0 unspecified atom stereocenters. The Balaban J connectivity index is 2.36. The van der Waals surface area contributed by atoms with E-state index in [0.717, 1.165) is 10.9 Å². The molecule has 1 aromatic rings. The summed E-state index contributed by atoms with van der Waals surface area (Å²) in [6.07, 6.45) is 0.870. The molecule has 1 aromatic carbocycles. The summed E-state index contributed by atoms with van der Waals surface area (Å²) in [6, 6.07) is 8.16. The number of halogens is 1. The molecule has 0 spiro atoms. The highest BCUT2D eigenvalue weighted by Gasteiger charge is 2.20. The van der Waals surface area contributed by atoms with E-state index < -0.39 is 0 Å². The maximum atomic E-state index is 11.6. The zero-order valence-electron chi connectivity index (χ0n) is 10.0. The van der Waals surface area contributed by atoms with Gasteiger partial charge in [0.25, 0.3) is 0 Å². The molecule has 0 aliphatic carbocycles. The average molecular weight is 284 g/mol. The van der Waals surface area contributed by atoms with Gasteiger partial charge in [0.05, 0.1) is 0 Å². The highest BCUT2D eigenvalue weighted by molar-refractivity contribution is 9.10. The third-order valence-corrected chi connectivity index (χ3v) is 2.82. The average Bonchev–Trinajstić information content (AvgIpc) is 2.19. The van der Waals surface area contributed by atoms with Gasteiger partial charge in [0.1, 0.15) is 0 Å². The minimum absolute atomic E-state index is 0.101. The first-order chi connectivity index (χ1) is 7.39. The largest absolute Gasteiger partial charge is 0.355 e. The van der Waals surface area contributed by atoms with Crippen LogP contribution in [0.15, 0.2) is 28.7 Å². The van der Waals surface area contributed by atoms with Crippen LogP contribution in [-0.2, 0) is 11.2 Å². The molecule has 1 N–H and O–H groups in total. The van der Waals surface area contributed by atoms with Crippen molar-refractivity contribution >= 4 is 21.8 Å². The van der Waals surface area contributed by atoms with Gasteiger partial charge in [-0.1, -0.05) is 48.8 Å². The molecule has 0 fully saturated rings. The van der Waals surface area contributed by atoms with E-state index in [1.54, 1.807) is 0 Å². The quantitative estimate of drug-likeness (QED) is 0.907. The zero-order chi connectivity index (χ0) is 12.2. The maximum Gasteiger partial charge on any atom is 0.225 e. The third kappa shape index (κ3) is 4.35. The number of benzene rings is 1. The molecular formula is C13H18BrNO. The lowest BCUT2D eigenvalue weighted by molar-refractivity contribution is -0.128.